The lowest BCUT2D eigenvalue weighted by Gasteiger charge is -2.14. The van der Waals surface area contributed by atoms with E-state index in [0.717, 1.165) is 6.26 Å². The van der Waals surface area contributed by atoms with Crippen LogP contribution in [-0.4, -0.2) is 50.9 Å². The summed E-state index contributed by atoms with van der Waals surface area (Å²) in [5.41, 5.74) is 0.783. The van der Waals surface area contributed by atoms with Crippen LogP contribution in [0, 0.1) is 0 Å². The van der Waals surface area contributed by atoms with Crippen molar-refractivity contribution in [1.82, 2.24) is 9.62 Å². The zero-order valence-corrected chi connectivity index (χ0v) is 16.2. The number of carbonyl (C=O) groups is 2. The van der Waals surface area contributed by atoms with E-state index >= 15 is 0 Å². The predicted octanol–water partition coefficient (Wildman–Crippen LogP) is 2.01. The van der Waals surface area contributed by atoms with Crippen molar-refractivity contribution in [3.05, 3.63) is 52.2 Å². The molecule has 26 heavy (non-hydrogen) atoms. The van der Waals surface area contributed by atoms with Crippen LogP contribution in [0.2, 0.25) is 0 Å². The lowest BCUT2D eigenvalue weighted by molar-refractivity contribution is 0.0953. The topological polar surface area (TPSA) is 95.6 Å². The monoisotopic (exact) mass is 395 g/mol. The molecule has 7 nitrogen and oxygen atoms in total. The fourth-order valence-electron chi connectivity index (χ4n) is 2.15. The molecule has 2 rings (SSSR count). The van der Waals surface area contributed by atoms with Crippen molar-refractivity contribution < 1.29 is 18.0 Å². The maximum Gasteiger partial charge on any atom is 0.265 e. The number of hydrogen-bond acceptors (Lipinski definition) is 5. The van der Waals surface area contributed by atoms with Gasteiger partial charge in [0.25, 0.3) is 11.8 Å². The van der Waals surface area contributed by atoms with E-state index in [1.54, 1.807) is 41.8 Å². The van der Waals surface area contributed by atoms with E-state index in [9.17, 15) is 18.0 Å². The van der Waals surface area contributed by atoms with Gasteiger partial charge in [-0.3, -0.25) is 9.59 Å². The maximum atomic E-state index is 12.4. The largest absolute Gasteiger partial charge is 0.352 e. The van der Waals surface area contributed by atoms with E-state index < -0.39 is 10.0 Å². The maximum absolute atomic E-state index is 12.4. The van der Waals surface area contributed by atoms with Crippen LogP contribution in [0.5, 0.6) is 0 Å². The molecule has 9 heteroatoms. The number of sulfonamides is 1. The average molecular weight is 396 g/mol. The number of nitrogens with one attached hydrogen (secondary N) is 2. The fourth-order valence-corrected chi connectivity index (χ4v) is 3.23. The molecule has 0 saturated carbocycles. The van der Waals surface area contributed by atoms with Crippen molar-refractivity contribution in [3.8, 4) is 0 Å². The normalized spacial score (nSPS) is 11.3. The smallest absolute Gasteiger partial charge is 0.265 e. The van der Waals surface area contributed by atoms with Gasteiger partial charge in [-0.05, 0) is 30.0 Å². The van der Waals surface area contributed by atoms with Gasteiger partial charge in [-0.1, -0.05) is 18.2 Å². The number of nitrogens with zero attached hydrogens (tertiary/aromatic N) is 1. The third-order valence-electron chi connectivity index (χ3n) is 3.67. The van der Waals surface area contributed by atoms with Crippen molar-refractivity contribution >= 4 is 38.9 Å². The number of amides is 2. The zero-order valence-electron chi connectivity index (χ0n) is 14.6. The summed E-state index contributed by atoms with van der Waals surface area (Å²) >= 11 is 1.32. The van der Waals surface area contributed by atoms with E-state index in [4.69, 9.17) is 0 Å². The van der Waals surface area contributed by atoms with E-state index in [1.165, 1.54) is 22.7 Å². The molecule has 1 aromatic carbocycles. The van der Waals surface area contributed by atoms with Crippen LogP contribution in [0.4, 0.5) is 5.69 Å². The van der Waals surface area contributed by atoms with Gasteiger partial charge in [0.2, 0.25) is 10.0 Å². The SMILES string of the molecule is CN(CCCNC(=O)c1ccccc1NC(=O)c1cccs1)S(C)(=O)=O. The van der Waals surface area contributed by atoms with E-state index in [0.29, 0.717) is 35.6 Å². The summed E-state index contributed by atoms with van der Waals surface area (Å²) in [6, 6.07) is 10.2. The number of para-hydroxylation sites is 1. The Kier molecular flexibility index (Phi) is 6.90. The second kappa shape index (κ2) is 8.93. The van der Waals surface area contributed by atoms with Gasteiger partial charge in [-0.2, -0.15) is 0 Å². The highest BCUT2D eigenvalue weighted by atomic mass is 32.2. The molecule has 1 aromatic heterocycles. The van der Waals surface area contributed by atoms with Gasteiger partial charge in [0.1, 0.15) is 0 Å². The first-order valence-corrected chi connectivity index (χ1v) is 10.6. The van der Waals surface area contributed by atoms with Crippen LogP contribution in [0.15, 0.2) is 41.8 Å². The minimum atomic E-state index is -3.22. The average Bonchev–Trinajstić information content (AvgIpc) is 3.12. The molecule has 0 fully saturated rings. The summed E-state index contributed by atoms with van der Waals surface area (Å²) in [5.74, 6) is -0.593. The molecule has 2 N–H and O–H groups in total. The van der Waals surface area contributed by atoms with Gasteiger partial charge in [-0.25, -0.2) is 12.7 Å². The van der Waals surface area contributed by atoms with Crippen LogP contribution >= 0.6 is 11.3 Å². The molecular weight excluding hydrogens is 374 g/mol. The fraction of sp³-hybridized carbons (Fsp3) is 0.294. The molecule has 0 unspecified atom stereocenters. The molecule has 140 valence electrons. The summed E-state index contributed by atoms with van der Waals surface area (Å²) in [5, 5.41) is 7.30. The standard InChI is InChI=1S/C17H21N3O4S2/c1-20(26(2,23)24)11-6-10-18-16(21)13-7-3-4-8-14(13)19-17(22)15-9-5-12-25-15/h3-5,7-9,12H,6,10-11H2,1-2H3,(H,18,21)(H,19,22). The van der Waals surface area contributed by atoms with Gasteiger partial charge in [0, 0.05) is 20.1 Å². The van der Waals surface area contributed by atoms with E-state index in [2.05, 4.69) is 10.6 Å². The Morgan fingerprint density at radius 1 is 1.12 bits per heavy atom. The number of carbonyl (C=O) groups excluding carboxylic acids is 2. The van der Waals surface area contributed by atoms with Crippen molar-refractivity contribution in [3.63, 3.8) is 0 Å². The molecule has 2 aromatic rings. The minimum Gasteiger partial charge on any atom is -0.352 e. The first-order chi connectivity index (χ1) is 12.3. The Morgan fingerprint density at radius 2 is 1.85 bits per heavy atom. The Hall–Kier alpha value is -2.23. The lowest BCUT2D eigenvalue weighted by atomic mass is 10.1. The second-order valence-electron chi connectivity index (χ2n) is 5.67. The van der Waals surface area contributed by atoms with Gasteiger partial charge >= 0.3 is 0 Å². The van der Waals surface area contributed by atoms with Crippen LogP contribution in [-0.2, 0) is 10.0 Å². The highest BCUT2D eigenvalue weighted by molar-refractivity contribution is 7.88. The van der Waals surface area contributed by atoms with Gasteiger partial charge in [0.15, 0.2) is 0 Å². The first-order valence-electron chi connectivity index (χ1n) is 7.92. The molecule has 0 aliphatic rings. The first kappa shape index (κ1) is 20.1. The summed E-state index contributed by atoms with van der Waals surface area (Å²) in [7, 11) is -1.73. The summed E-state index contributed by atoms with van der Waals surface area (Å²) in [4.78, 5) is 25.1. The molecule has 0 spiro atoms. The molecule has 0 saturated heterocycles. The molecule has 1 heterocycles. The molecule has 0 bridgehead atoms. The van der Waals surface area contributed by atoms with Gasteiger partial charge < -0.3 is 10.6 Å². The van der Waals surface area contributed by atoms with Gasteiger partial charge in [-0.15, -0.1) is 11.3 Å². The van der Waals surface area contributed by atoms with Crippen LogP contribution in [0.25, 0.3) is 0 Å². The number of hydrogen-bond donors (Lipinski definition) is 2. The third kappa shape index (κ3) is 5.65. The Labute approximate surface area is 157 Å². The number of thiophene rings is 1. The highest BCUT2D eigenvalue weighted by Crippen LogP contribution is 2.18. The van der Waals surface area contributed by atoms with Crippen LogP contribution in [0.1, 0.15) is 26.5 Å². The van der Waals surface area contributed by atoms with Crippen molar-refractivity contribution in [2.45, 2.75) is 6.42 Å². The molecule has 0 radical (unpaired) electrons. The van der Waals surface area contributed by atoms with E-state index in [1.807, 2.05) is 0 Å². The van der Waals surface area contributed by atoms with Crippen molar-refractivity contribution in [1.29, 1.82) is 0 Å². The molecule has 0 atom stereocenters. The highest BCUT2D eigenvalue weighted by Gasteiger charge is 2.15. The summed E-state index contributed by atoms with van der Waals surface area (Å²) in [6.45, 7) is 0.641. The number of rotatable bonds is 8. The number of benzene rings is 1. The number of anilines is 1. The lowest BCUT2D eigenvalue weighted by Crippen LogP contribution is -2.31. The van der Waals surface area contributed by atoms with Crippen molar-refractivity contribution in [2.24, 2.45) is 0 Å². The molecule has 0 aliphatic heterocycles. The minimum absolute atomic E-state index is 0.268. The molecule has 2 amide bonds. The van der Waals surface area contributed by atoms with Crippen molar-refractivity contribution in [2.75, 3.05) is 31.7 Å². The van der Waals surface area contributed by atoms with E-state index in [-0.39, 0.29) is 11.8 Å². The summed E-state index contributed by atoms with van der Waals surface area (Å²) < 4.78 is 23.9. The second-order valence-corrected chi connectivity index (χ2v) is 8.71. The third-order valence-corrected chi connectivity index (χ3v) is 5.85. The van der Waals surface area contributed by atoms with Gasteiger partial charge in [0.05, 0.1) is 22.4 Å². The van der Waals surface area contributed by atoms with Crippen LogP contribution < -0.4 is 10.6 Å². The Balaban J connectivity index is 1.94. The Bertz CT molecular complexity index is 864. The molecular formula is C17H21N3O4S2. The predicted molar refractivity (Wildman–Crippen MR) is 103 cm³/mol. The summed E-state index contributed by atoms with van der Waals surface area (Å²) in [6.07, 6.45) is 1.62. The Morgan fingerprint density at radius 3 is 2.50 bits per heavy atom. The molecule has 0 aliphatic carbocycles. The quantitative estimate of drug-likeness (QED) is 0.669. The van der Waals surface area contributed by atoms with Crippen LogP contribution in [0.3, 0.4) is 0 Å². The zero-order chi connectivity index (χ0) is 19.2.